The second kappa shape index (κ2) is 8.10. The molecule has 5 heterocycles. The maximum Gasteiger partial charge on any atom is 0.222 e. The summed E-state index contributed by atoms with van der Waals surface area (Å²) < 4.78 is 7.30. The van der Waals surface area contributed by atoms with Gasteiger partial charge in [0.1, 0.15) is 12.1 Å². The fourth-order valence-electron chi connectivity index (χ4n) is 3.94. The summed E-state index contributed by atoms with van der Waals surface area (Å²) in [5.41, 5.74) is 3.98. The molecule has 1 aliphatic rings. The van der Waals surface area contributed by atoms with E-state index in [0.717, 1.165) is 48.5 Å². The van der Waals surface area contributed by atoms with E-state index in [1.807, 2.05) is 34.8 Å². The average molecular weight is 438 g/mol. The summed E-state index contributed by atoms with van der Waals surface area (Å²) in [6, 6.07) is 2.03. The summed E-state index contributed by atoms with van der Waals surface area (Å²) in [6.45, 7) is 6.04. The molecule has 10 heteroatoms. The summed E-state index contributed by atoms with van der Waals surface area (Å²) in [5, 5.41) is 11.5. The molecule has 1 fully saturated rings. The van der Waals surface area contributed by atoms with Gasteiger partial charge in [-0.15, -0.1) is 0 Å². The predicted octanol–water partition coefficient (Wildman–Crippen LogP) is 3.57. The molecule has 0 unspecified atom stereocenters. The molecule has 9 nitrogen and oxygen atoms in total. The van der Waals surface area contributed by atoms with Crippen LogP contribution in [0.25, 0.3) is 28.2 Å². The molecule has 0 saturated carbocycles. The molecule has 1 saturated heterocycles. The Morgan fingerprint density at radius 2 is 2.19 bits per heavy atom. The van der Waals surface area contributed by atoms with Crippen LogP contribution in [0.5, 0.6) is 0 Å². The van der Waals surface area contributed by atoms with Crippen LogP contribution >= 0.6 is 11.3 Å². The van der Waals surface area contributed by atoms with Crippen molar-refractivity contribution in [3.05, 3.63) is 34.6 Å². The first-order chi connectivity index (χ1) is 15.1. The number of anilines is 1. The second-order valence-corrected chi connectivity index (χ2v) is 8.41. The van der Waals surface area contributed by atoms with Gasteiger partial charge in [-0.1, -0.05) is 5.16 Å². The Bertz CT molecular complexity index is 1210. The van der Waals surface area contributed by atoms with Crippen molar-refractivity contribution in [2.75, 3.05) is 25.0 Å². The van der Waals surface area contributed by atoms with E-state index >= 15 is 0 Å². The van der Waals surface area contributed by atoms with Gasteiger partial charge in [-0.3, -0.25) is 9.36 Å². The highest BCUT2D eigenvalue weighted by Crippen LogP contribution is 2.29. The van der Waals surface area contributed by atoms with Gasteiger partial charge in [-0.2, -0.15) is 11.3 Å². The van der Waals surface area contributed by atoms with Crippen molar-refractivity contribution in [3.63, 3.8) is 0 Å². The number of thiophene rings is 1. The van der Waals surface area contributed by atoms with Crippen LogP contribution in [0.2, 0.25) is 0 Å². The van der Waals surface area contributed by atoms with Crippen LogP contribution in [0.15, 0.2) is 27.7 Å². The molecule has 0 bridgehead atoms. The van der Waals surface area contributed by atoms with Crippen LogP contribution in [-0.4, -0.2) is 55.1 Å². The van der Waals surface area contributed by atoms with Crippen molar-refractivity contribution in [1.82, 2.24) is 29.6 Å². The van der Waals surface area contributed by atoms with Crippen LogP contribution < -0.4 is 5.32 Å². The van der Waals surface area contributed by atoms with E-state index in [0.29, 0.717) is 35.9 Å². The number of aryl methyl sites for hydroxylation is 2. The normalized spacial score (nSPS) is 14.1. The van der Waals surface area contributed by atoms with Gasteiger partial charge < -0.3 is 14.7 Å². The third-order valence-corrected chi connectivity index (χ3v) is 6.18. The molecule has 31 heavy (non-hydrogen) atoms. The van der Waals surface area contributed by atoms with Crippen molar-refractivity contribution >= 4 is 34.2 Å². The highest BCUT2D eigenvalue weighted by molar-refractivity contribution is 7.08. The fraction of sp³-hybridized carbons (Fsp3) is 0.381. The van der Waals surface area contributed by atoms with Crippen LogP contribution in [0.4, 0.5) is 5.82 Å². The third kappa shape index (κ3) is 3.67. The Labute approximate surface area is 183 Å². The van der Waals surface area contributed by atoms with E-state index in [2.05, 4.69) is 20.8 Å². The molecule has 0 radical (unpaired) electrons. The molecular formula is C21H23N7O2S. The van der Waals surface area contributed by atoms with Gasteiger partial charge >= 0.3 is 0 Å². The zero-order valence-corrected chi connectivity index (χ0v) is 18.3. The van der Waals surface area contributed by atoms with E-state index in [4.69, 9.17) is 14.5 Å². The van der Waals surface area contributed by atoms with E-state index in [1.165, 1.54) is 0 Å². The Hall–Kier alpha value is -3.27. The number of likely N-dealkylation sites (tertiary alicyclic amines) is 1. The molecule has 0 aromatic carbocycles. The number of hydrogen-bond acceptors (Lipinski definition) is 8. The summed E-state index contributed by atoms with van der Waals surface area (Å²) in [5.74, 6) is 2.15. The Kier molecular flexibility index (Phi) is 5.14. The van der Waals surface area contributed by atoms with E-state index in [9.17, 15) is 4.79 Å². The number of fused-ring (bicyclic) bond motifs is 1. The molecule has 1 aliphatic heterocycles. The Balaban J connectivity index is 1.48. The van der Waals surface area contributed by atoms with E-state index in [-0.39, 0.29) is 5.91 Å². The average Bonchev–Trinajstić information content (AvgIpc) is 3.53. The van der Waals surface area contributed by atoms with Gasteiger partial charge in [0, 0.05) is 31.4 Å². The molecule has 0 atom stereocenters. The lowest BCUT2D eigenvalue weighted by molar-refractivity contribution is -0.127. The maximum absolute atomic E-state index is 11.8. The number of carbonyl (C=O) groups is 1. The maximum atomic E-state index is 11.8. The van der Waals surface area contributed by atoms with Crippen LogP contribution in [0.3, 0.4) is 0 Å². The summed E-state index contributed by atoms with van der Waals surface area (Å²) in [4.78, 5) is 27.9. The number of imidazole rings is 1. The topological polar surface area (TPSA) is 102 Å². The molecule has 1 amide bonds. The van der Waals surface area contributed by atoms with E-state index in [1.54, 1.807) is 17.7 Å². The number of rotatable bonds is 7. The van der Waals surface area contributed by atoms with Gasteiger partial charge in [0.25, 0.3) is 0 Å². The van der Waals surface area contributed by atoms with Gasteiger partial charge in [-0.25, -0.2) is 15.0 Å². The van der Waals surface area contributed by atoms with Crippen molar-refractivity contribution < 1.29 is 9.32 Å². The smallest absolute Gasteiger partial charge is 0.222 e. The number of carbonyl (C=O) groups excluding carboxylic acids is 1. The zero-order valence-electron chi connectivity index (χ0n) is 17.5. The molecule has 1 N–H and O–H groups in total. The SMILES string of the molecule is Cc1noc(C)c1-c1nc(NCCCN2CCCC2=O)c2ncn(-c3ccsc3)c2n1. The largest absolute Gasteiger partial charge is 0.368 e. The lowest BCUT2D eigenvalue weighted by Gasteiger charge is -2.15. The summed E-state index contributed by atoms with van der Waals surface area (Å²) >= 11 is 1.62. The minimum atomic E-state index is 0.250. The zero-order chi connectivity index (χ0) is 21.4. The number of nitrogens with one attached hydrogen (secondary N) is 1. The van der Waals surface area contributed by atoms with Crippen LogP contribution in [-0.2, 0) is 4.79 Å². The van der Waals surface area contributed by atoms with Crippen molar-refractivity contribution in [2.45, 2.75) is 33.1 Å². The highest BCUT2D eigenvalue weighted by Gasteiger charge is 2.21. The first-order valence-electron chi connectivity index (χ1n) is 10.3. The van der Waals surface area contributed by atoms with Crippen molar-refractivity contribution in [1.29, 1.82) is 0 Å². The summed E-state index contributed by atoms with van der Waals surface area (Å²) in [6.07, 6.45) is 4.23. The summed E-state index contributed by atoms with van der Waals surface area (Å²) in [7, 11) is 0. The predicted molar refractivity (Wildman–Crippen MR) is 118 cm³/mol. The minimum Gasteiger partial charge on any atom is -0.368 e. The monoisotopic (exact) mass is 437 g/mol. The quantitative estimate of drug-likeness (QED) is 0.441. The number of aromatic nitrogens is 5. The lowest BCUT2D eigenvalue weighted by Crippen LogP contribution is -2.27. The molecule has 0 aliphatic carbocycles. The number of nitrogens with zero attached hydrogens (tertiary/aromatic N) is 6. The molecule has 4 aromatic rings. The molecule has 160 valence electrons. The standard InChI is InChI=1S/C21H23N7O2S/c1-13-17(14(2)30-26-13)19-24-20(22-7-4-9-27-8-3-5-16(27)29)18-21(25-19)28(12-23-18)15-6-10-31-11-15/h6,10-12H,3-5,7-9H2,1-2H3,(H,22,24,25). The lowest BCUT2D eigenvalue weighted by atomic mass is 10.2. The number of hydrogen-bond donors (Lipinski definition) is 1. The van der Waals surface area contributed by atoms with Gasteiger partial charge in [0.15, 0.2) is 22.8 Å². The minimum absolute atomic E-state index is 0.250. The fourth-order valence-corrected chi connectivity index (χ4v) is 4.57. The Morgan fingerprint density at radius 3 is 2.90 bits per heavy atom. The number of amides is 1. The van der Waals surface area contributed by atoms with Crippen molar-refractivity contribution in [2.24, 2.45) is 0 Å². The Morgan fingerprint density at radius 1 is 1.29 bits per heavy atom. The first-order valence-corrected chi connectivity index (χ1v) is 11.3. The van der Waals surface area contributed by atoms with Gasteiger partial charge in [0.05, 0.1) is 16.9 Å². The van der Waals surface area contributed by atoms with Gasteiger partial charge in [0.2, 0.25) is 5.91 Å². The molecule has 0 spiro atoms. The van der Waals surface area contributed by atoms with Gasteiger partial charge in [-0.05, 0) is 38.1 Å². The van der Waals surface area contributed by atoms with Crippen LogP contribution in [0.1, 0.15) is 30.7 Å². The van der Waals surface area contributed by atoms with Crippen LogP contribution in [0, 0.1) is 13.8 Å². The first kappa shape index (κ1) is 19.7. The molecule has 5 rings (SSSR count). The molecular weight excluding hydrogens is 414 g/mol. The molecule has 4 aromatic heterocycles. The van der Waals surface area contributed by atoms with E-state index < -0.39 is 0 Å². The third-order valence-electron chi connectivity index (χ3n) is 5.51. The highest BCUT2D eigenvalue weighted by atomic mass is 32.1. The van der Waals surface area contributed by atoms with Crippen molar-refractivity contribution in [3.8, 4) is 17.1 Å². The second-order valence-electron chi connectivity index (χ2n) is 7.63.